The van der Waals surface area contributed by atoms with Gasteiger partial charge in [0, 0.05) is 24.0 Å². The molecular weight excluding hydrogens is 419 g/mol. The van der Waals surface area contributed by atoms with Crippen LogP contribution in [0.3, 0.4) is 0 Å². The molecule has 1 atom stereocenters. The molecular formula is C23H24F3N5O. The van der Waals surface area contributed by atoms with Crippen LogP contribution < -0.4 is 10.1 Å². The Balaban J connectivity index is 1.75. The third-order valence-electron chi connectivity index (χ3n) is 5.61. The molecule has 0 bridgehead atoms. The first-order valence-electron chi connectivity index (χ1n) is 10.1. The summed E-state index contributed by atoms with van der Waals surface area (Å²) in [5.74, 6) is 1.17. The molecule has 1 unspecified atom stereocenters. The van der Waals surface area contributed by atoms with Gasteiger partial charge in [-0.2, -0.15) is 18.3 Å². The Bertz CT molecular complexity index is 1240. The van der Waals surface area contributed by atoms with Crippen LogP contribution in [0.25, 0.3) is 16.7 Å². The molecule has 4 aromatic rings. The number of para-hydroxylation sites is 2. The molecule has 32 heavy (non-hydrogen) atoms. The van der Waals surface area contributed by atoms with E-state index in [4.69, 9.17) is 4.74 Å². The summed E-state index contributed by atoms with van der Waals surface area (Å²) in [5.41, 5.74) is 3.27. The second-order valence-corrected chi connectivity index (χ2v) is 7.61. The molecule has 4 rings (SSSR count). The van der Waals surface area contributed by atoms with E-state index >= 15 is 0 Å². The van der Waals surface area contributed by atoms with Crippen LogP contribution in [0.1, 0.15) is 28.8 Å². The predicted molar refractivity (Wildman–Crippen MR) is 116 cm³/mol. The number of hydrogen-bond acceptors (Lipinski definition) is 4. The largest absolute Gasteiger partial charge is 0.497 e. The fraction of sp³-hybridized carbons (Fsp3) is 0.304. The van der Waals surface area contributed by atoms with Crippen LogP contribution in [0.4, 0.5) is 13.2 Å². The normalized spacial score (nSPS) is 13.0. The van der Waals surface area contributed by atoms with Crippen molar-refractivity contribution >= 4 is 11.0 Å². The van der Waals surface area contributed by atoms with Gasteiger partial charge in [-0.3, -0.25) is 14.6 Å². The van der Waals surface area contributed by atoms with Gasteiger partial charge in [-0.1, -0.05) is 12.1 Å². The highest BCUT2D eigenvalue weighted by atomic mass is 19.4. The number of imidazole rings is 1. The lowest BCUT2D eigenvalue weighted by molar-refractivity contribution is -0.158. The first-order valence-corrected chi connectivity index (χ1v) is 10.1. The maximum absolute atomic E-state index is 14.0. The summed E-state index contributed by atoms with van der Waals surface area (Å²) in [6.45, 7) is 3.15. The maximum atomic E-state index is 14.0. The minimum atomic E-state index is -4.49. The highest BCUT2D eigenvalue weighted by Gasteiger charge is 2.43. The smallest absolute Gasteiger partial charge is 0.408 e. The van der Waals surface area contributed by atoms with Gasteiger partial charge >= 0.3 is 6.18 Å². The number of alkyl halides is 3. The van der Waals surface area contributed by atoms with Crippen LogP contribution >= 0.6 is 0 Å². The average Bonchev–Trinajstić information content (AvgIpc) is 3.24. The Morgan fingerprint density at radius 3 is 2.34 bits per heavy atom. The molecule has 0 aliphatic rings. The molecule has 0 aliphatic carbocycles. The molecule has 2 heterocycles. The SMILES string of the molecule is COc1ccc(-n2c(CNC(c3c(C)nn(C)c3C)C(F)(F)F)nc3ccccc32)cc1. The predicted octanol–water partition coefficient (Wildman–Crippen LogP) is 4.78. The van der Waals surface area contributed by atoms with Crippen molar-refractivity contribution < 1.29 is 17.9 Å². The quantitative estimate of drug-likeness (QED) is 0.466. The van der Waals surface area contributed by atoms with Gasteiger partial charge in [-0.25, -0.2) is 4.98 Å². The van der Waals surface area contributed by atoms with E-state index in [-0.39, 0.29) is 12.1 Å². The van der Waals surface area contributed by atoms with Crippen LogP contribution in [0, 0.1) is 13.8 Å². The van der Waals surface area contributed by atoms with E-state index in [0.717, 1.165) is 11.2 Å². The topological polar surface area (TPSA) is 56.9 Å². The summed E-state index contributed by atoms with van der Waals surface area (Å²) in [6, 6.07) is 12.9. The lowest BCUT2D eigenvalue weighted by Crippen LogP contribution is -2.35. The van der Waals surface area contributed by atoms with Crippen molar-refractivity contribution in [3.8, 4) is 11.4 Å². The number of benzene rings is 2. The summed E-state index contributed by atoms with van der Waals surface area (Å²) < 4.78 is 50.7. The number of nitrogens with one attached hydrogen (secondary N) is 1. The Hall–Kier alpha value is -3.33. The van der Waals surface area contributed by atoms with Crippen molar-refractivity contribution in [3.63, 3.8) is 0 Å². The van der Waals surface area contributed by atoms with Crippen molar-refractivity contribution in [1.29, 1.82) is 0 Å². The zero-order valence-corrected chi connectivity index (χ0v) is 18.2. The van der Waals surface area contributed by atoms with Crippen molar-refractivity contribution in [2.45, 2.75) is 32.6 Å². The molecule has 6 nitrogen and oxygen atoms in total. The first kappa shape index (κ1) is 21.9. The second kappa shape index (κ2) is 8.31. The van der Waals surface area contributed by atoms with E-state index in [2.05, 4.69) is 15.4 Å². The number of aryl methyl sites for hydroxylation is 2. The maximum Gasteiger partial charge on any atom is 0.408 e. The average molecular weight is 443 g/mol. The number of methoxy groups -OCH3 is 1. The molecule has 0 spiro atoms. The number of aromatic nitrogens is 4. The molecule has 0 amide bonds. The van der Waals surface area contributed by atoms with Gasteiger partial charge in [0.1, 0.15) is 17.6 Å². The van der Waals surface area contributed by atoms with Gasteiger partial charge in [-0.15, -0.1) is 0 Å². The molecule has 0 radical (unpaired) electrons. The molecule has 0 aliphatic heterocycles. The van der Waals surface area contributed by atoms with E-state index in [1.54, 1.807) is 28.0 Å². The third kappa shape index (κ3) is 3.95. The van der Waals surface area contributed by atoms with E-state index in [1.807, 2.05) is 53.1 Å². The zero-order valence-electron chi connectivity index (χ0n) is 18.2. The first-order chi connectivity index (χ1) is 15.2. The molecule has 0 saturated carbocycles. The fourth-order valence-electron chi connectivity index (χ4n) is 4.00. The third-order valence-corrected chi connectivity index (χ3v) is 5.61. The highest BCUT2D eigenvalue weighted by Crippen LogP contribution is 2.36. The minimum Gasteiger partial charge on any atom is -0.497 e. The lowest BCUT2D eigenvalue weighted by Gasteiger charge is -2.22. The van der Waals surface area contributed by atoms with Crippen molar-refractivity contribution in [2.75, 3.05) is 7.11 Å². The van der Waals surface area contributed by atoms with Gasteiger partial charge in [0.15, 0.2) is 0 Å². The Morgan fingerprint density at radius 2 is 1.75 bits per heavy atom. The van der Waals surface area contributed by atoms with E-state index in [0.29, 0.717) is 28.5 Å². The second-order valence-electron chi connectivity index (χ2n) is 7.61. The molecule has 9 heteroatoms. The van der Waals surface area contributed by atoms with Crippen LogP contribution in [-0.4, -0.2) is 32.6 Å². The number of ether oxygens (including phenoxy) is 1. The van der Waals surface area contributed by atoms with Crippen molar-refractivity contribution in [1.82, 2.24) is 24.6 Å². The molecule has 2 aromatic heterocycles. The lowest BCUT2D eigenvalue weighted by atomic mass is 10.0. The number of fused-ring (bicyclic) bond motifs is 1. The Morgan fingerprint density at radius 1 is 1.06 bits per heavy atom. The fourth-order valence-corrected chi connectivity index (χ4v) is 4.00. The number of halogens is 3. The summed E-state index contributed by atoms with van der Waals surface area (Å²) >= 11 is 0. The van der Waals surface area contributed by atoms with Gasteiger partial charge in [0.25, 0.3) is 0 Å². The van der Waals surface area contributed by atoms with Crippen molar-refractivity contribution in [2.24, 2.45) is 7.05 Å². The zero-order chi connectivity index (χ0) is 23.0. The number of nitrogens with zero attached hydrogens (tertiary/aromatic N) is 4. The number of rotatable bonds is 6. The Kier molecular flexibility index (Phi) is 5.68. The Labute approximate surface area is 183 Å². The van der Waals surface area contributed by atoms with Gasteiger partial charge in [0.05, 0.1) is 30.4 Å². The van der Waals surface area contributed by atoms with Crippen LogP contribution in [0.5, 0.6) is 5.75 Å². The highest BCUT2D eigenvalue weighted by molar-refractivity contribution is 5.78. The molecule has 0 fully saturated rings. The summed E-state index contributed by atoms with van der Waals surface area (Å²) in [5, 5.41) is 6.85. The molecule has 1 N–H and O–H groups in total. The van der Waals surface area contributed by atoms with Gasteiger partial charge in [0.2, 0.25) is 0 Å². The van der Waals surface area contributed by atoms with E-state index in [9.17, 15) is 13.2 Å². The van der Waals surface area contributed by atoms with Gasteiger partial charge < -0.3 is 4.74 Å². The van der Waals surface area contributed by atoms with Gasteiger partial charge in [-0.05, 0) is 50.2 Å². The number of hydrogen-bond donors (Lipinski definition) is 1. The monoisotopic (exact) mass is 443 g/mol. The molecule has 2 aromatic carbocycles. The standard InChI is InChI=1S/C23H24F3N5O/c1-14-21(15(2)30(3)29-14)22(23(24,25)26)27-13-20-28-18-7-5-6-8-19(18)31(20)16-9-11-17(32-4)12-10-16/h5-12,22,27H,13H2,1-4H3. The van der Waals surface area contributed by atoms with E-state index < -0.39 is 12.2 Å². The van der Waals surface area contributed by atoms with Crippen LogP contribution in [-0.2, 0) is 13.6 Å². The van der Waals surface area contributed by atoms with Crippen molar-refractivity contribution in [3.05, 3.63) is 71.3 Å². The van der Waals surface area contributed by atoms with Crippen LogP contribution in [0.15, 0.2) is 48.5 Å². The molecule has 168 valence electrons. The van der Waals surface area contributed by atoms with Crippen LogP contribution in [0.2, 0.25) is 0 Å². The molecule has 0 saturated heterocycles. The summed E-state index contributed by atoms with van der Waals surface area (Å²) in [4.78, 5) is 4.61. The summed E-state index contributed by atoms with van der Waals surface area (Å²) in [7, 11) is 3.22. The summed E-state index contributed by atoms with van der Waals surface area (Å²) in [6.07, 6.45) is -4.49. The minimum absolute atomic E-state index is 0.0847. The van der Waals surface area contributed by atoms with E-state index in [1.165, 1.54) is 4.68 Å².